The van der Waals surface area contributed by atoms with Crippen molar-refractivity contribution < 1.29 is 36.8 Å². The van der Waals surface area contributed by atoms with Gasteiger partial charge in [-0.3, -0.25) is 8.98 Å². The highest BCUT2D eigenvalue weighted by molar-refractivity contribution is 7.86. The van der Waals surface area contributed by atoms with Crippen molar-refractivity contribution in [2.24, 2.45) is 0 Å². The van der Waals surface area contributed by atoms with Gasteiger partial charge in [0.1, 0.15) is 30.3 Å². The van der Waals surface area contributed by atoms with Gasteiger partial charge in [-0.1, -0.05) is 30.3 Å². The molecule has 3 N–H and O–H groups in total. The number of nitrogens with one attached hydrogen (secondary N) is 2. The van der Waals surface area contributed by atoms with Crippen LogP contribution in [0.5, 0.6) is 5.75 Å². The molecule has 10 nitrogen and oxygen atoms in total. The molecule has 0 unspecified atom stereocenters. The molecule has 36 heavy (non-hydrogen) atoms. The van der Waals surface area contributed by atoms with E-state index in [9.17, 15) is 23.1 Å². The van der Waals surface area contributed by atoms with E-state index in [1.165, 1.54) is 0 Å². The van der Waals surface area contributed by atoms with Crippen molar-refractivity contribution in [3.05, 3.63) is 65.4 Å². The molecule has 0 aliphatic carbocycles. The summed E-state index contributed by atoms with van der Waals surface area (Å²) in [5.74, 6) is 0.389. The molecule has 0 fully saturated rings. The zero-order valence-corrected chi connectivity index (χ0v) is 21.3. The molecule has 1 heterocycles. The number of aldehydes is 1. The summed E-state index contributed by atoms with van der Waals surface area (Å²) < 4.78 is 40.6. The normalized spacial score (nSPS) is 13.7. The van der Waals surface area contributed by atoms with Gasteiger partial charge in [-0.05, 0) is 44.5 Å². The topological polar surface area (TPSA) is 144 Å². The van der Waals surface area contributed by atoms with E-state index in [-0.39, 0.29) is 12.3 Å². The summed E-state index contributed by atoms with van der Waals surface area (Å²) >= 11 is 0. The highest BCUT2D eigenvalue weighted by Gasteiger charge is 2.32. The lowest BCUT2D eigenvalue weighted by Crippen LogP contribution is -2.45. The molecule has 11 heteroatoms. The summed E-state index contributed by atoms with van der Waals surface area (Å²) in [5, 5.41) is 13.0. The van der Waals surface area contributed by atoms with E-state index >= 15 is 0 Å². The van der Waals surface area contributed by atoms with Crippen LogP contribution in [0, 0.1) is 0 Å². The van der Waals surface area contributed by atoms with Crippen LogP contribution in [0.4, 0.5) is 4.79 Å². The van der Waals surface area contributed by atoms with Gasteiger partial charge >= 0.3 is 6.09 Å². The Morgan fingerprint density at radius 3 is 2.44 bits per heavy atom. The van der Waals surface area contributed by atoms with E-state index in [1.807, 2.05) is 30.3 Å². The minimum atomic E-state index is -4.01. The first-order valence-electron chi connectivity index (χ1n) is 11.2. The average Bonchev–Trinajstić information content (AvgIpc) is 3.22. The number of alkyl carbamates (subject to hydrolysis) is 1. The summed E-state index contributed by atoms with van der Waals surface area (Å²) in [6, 6.07) is 13.0. The van der Waals surface area contributed by atoms with Crippen molar-refractivity contribution in [2.75, 3.05) is 12.9 Å². The van der Waals surface area contributed by atoms with E-state index in [0.717, 1.165) is 11.8 Å². The molecule has 0 spiro atoms. The predicted molar refractivity (Wildman–Crippen MR) is 133 cm³/mol. The number of amides is 1. The molecule has 1 aromatic heterocycles. The quantitative estimate of drug-likeness (QED) is 0.273. The number of benzene rings is 2. The van der Waals surface area contributed by atoms with Crippen molar-refractivity contribution in [3.63, 3.8) is 0 Å². The lowest BCUT2D eigenvalue weighted by molar-refractivity contribution is 0.0389. The number of aromatic amines is 1. The third kappa shape index (κ3) is 7.54. The summed E-state index contributed by atoms with van der Waals surface area (Å²) in [6.07, 6.45) is -0.648. The minimum absolute atomic E-state index is 0.234. The second-order valence-corrected chi connectivity index (χ2v) is 10.9. The van der Waals surface area contributed by atoms with Crippen LogP contribution in [0.2, 0.25) is 0 Å². The van der Waals surface area contributed by atoms with Crippen molar-refractivity contribution >= 4 is 33.4 Å². The number of ether oxygens (including phenoxy) is 2. The smallest absolute Gasteiger partial charge is 0.408 e. The van der Waals surface area contributed by atoms with Crippen molar-refractivity contribution in [1.29, 1.82) is 0 Å². The van der Waals surface area contributed by atoms with Gasteiger partial charge in [0.25, 0.3) is 10.1 Å². The van der Waals surface area contributed by atoms with Gasteiger partial charge in [0.05, 0.1) is 24.4 Å². The number of aliphatic hydroxyl groups is 1. The molecule has 194 valence electrons. The summed E-state index contributed by atoms with van der Waals surface area (Å²) in [4.78, 5) is 26.9. The number of aliphatic hydroxyl groups excluding tert-OH is 1. The molecule has 0 saturated heterocycles. The minimum Gasteiger partial charge on any atom is -0.488 e. The summed E-state index contributed by atoms with van der Waals surface area (Å²) in [5.41, 5.74) is 1.16. The molecule has 0 saturated carbocycles. The second kappa shape index (κ2) is 11.1. The maximum Gasteiger partial charge on any atom is 0.408 e. The van der Waals surface area contributed by atoms with E-state index in [0.29, 0.717) is 28.5 Å². The summed E-state index contributed by atoms with van der Waals surface area (Å²) in [7, 11) is -4.01. The van der Waals surface area contributed by atoms with Gasteiger partial charge in [-0.25, -0.2) is 4.79 Å². The van der Waals surface area contributed by atoms with Crippen LogP contribution in [0.25, 0.3) is 10.9 Å². The van der Waals surface area contributed by atoms with E-state index in [1.54, 1.807) is 39.0 Å². The largest absolute Gasteiger partial charge is 0.488 e. The van der Waals surface area contributed by atoms with Gasteiger partial charge in [0.15, 0.2) is 0 Å². The summed E-state index contributed by atoms with van der Waals surface area (Å²) in [6.45, 7) is 4.60. The zero-order valence-electron chi connectivity index (χ0n) is 20.5. The maximum atomic E-state index is 12.3. The van der Waals surface area contributed by atoms with Crippen LogP contribution in [0.15, 0.2) is 48.5 Å². The van der Waals surface area contributed by atoms with Gasteiger partial charge < -0.3 is 24.9 Å². The first-order valence-corrected chi connectivity index (χ1v) is 13.0. The Bertz CT molecular complexity index is 1310. The number of rotatable bonds is 10. The van der Waals surface area contributed by atoms with Crippen LogP contribution in [-0.2, 0) is 25.6 Å². The Kier molecular flexibility index (Phi) is 8.39. The molecular weight excluding hydrogens is 488 g/mol. The van der Waals surface area contributed by atoms with E-state index in [4.69, 9.17) is 13.7 Å². The Morgan fingerprint density at radius 2 is 1.86 bits per heavy atom. The Balaban J connectivity index is 2.00. The highest BCUT2D eigenvalue weighted by Crippen LogP contribution is 2.33. The van der Waals surface area contributed by atoms with Crippen LogP contribution in [0.1, 0.15) is 48.5 Å². The highest BCUT2D eigenvalue weighted by atomic mass is 32.2. The SMILES string of the molecule is CC(C)(C)OC(=O)N[C@@H](CO)[C@@H](OS(C)(=O)=O)c1cc2c(OCc3ccccc3)cc(C=O)cc2[nH]1. The first-order chi connectivity index (χ1) is 16.9. The van der Waals surface area contributed by atoms with Gasteiger partial charge in [0, 0.05) is 16.6 Å². The first kappa shape index (κ1) is 27.2. The van der Waals surface area contributed by atoms with Crippen LogP contribution in [-0.4, -0.2) is 55.4 Å². The number of fused-ring (bicyclic) bond motifs is 1. The predicted octanol–water partition coefficient (Wildman–Crippen LogP) is 3.46. The van der Waals surface area contributed by atoms with Gasteiger partial charge in [-0.2, -0.15) is 8.42 Å². The number of hydrogen-bond acceptors (Lipinski definition) is 8. The van der Waals surface area contributed by atoms with Crippen molar-refractivity contribution in [3.8, 4) is 5.75 Å². The third-order valence-electron chi connectivity index (χ3n) is 4.97. The molecule has 2 atom stereocenters. The lowest BCUT2D eigenvalue weighted by atomic mass is 10.1. The zero-order chi connectivity index (χ0) is 26.5. The molecule has 2 aromatic carbocycles. The van der Waals surface area contributed by atoms with E-state index in [2.05, 4.69) is 10.3 Å². The fourth-order valence-electron chi connectivity index (χ4n) is 3.52. The number of aromatic nitrogens is 1. The third-order valence-corrected chi connectivity index (χ3v) is 5.52. The number of hydrogen-bond donors (Lipinski definition) is 3. The standard InChI is InChI=1S/C25H30N2O8S/c1-25(2,3)34-24(30)27-21(14-29)23(35-36(4,31)32)20-12-18-19(26-20)10-17(13-28)11-22(18)33-15-16-8-6-5-7-9-16/h5-13,21,23,26,29H,14-15H2,1-4H3,(H,27,30)/t21-,23-/m0/s1. The Labute approximate surface area is 209 Å². The molecule has 3 rings (SSSR count). The van der Waals surface area contributed by atoms with Crippen LogP contribution in [0.3, 0.4) is 0 Å². The number of carbonyl (C=O) groups is 2. The van der Waals surface area contributed by atoms with E-state index < -0.39 is 40.6 Å². The molecule has 0 aliphatic heterocycles. The van der Waals surface area contributed by atoms with Crippen LogP contribution < -0.4 is 10.1 Å². The maximum absolute atomic E-state index is 12.3. The Morgan fingerprint density at radius 1 is 1.17 bits per heavy atom. The monoisotopic (exact) mass is 518 g/mol. The van der Waals surface area contributed by atoms with Gasteiger partial charge in [0.2, 0.25) is 0 Å². The van der Waals surface area contributed by atoms with Gasteiger partial charge in [-0.15, -0.1) is 0 Å². The average molecular weight is 519 g/mol. The Hall–Kier alpha value is -3.41. The second-order valence-electron chi connectivity index (χ2n) is 9.25. The molecule has 1 amide bonds. The lowest BCUT2D eigenvalue weighted by Gasteiger charge is -2.27. The molecular formula is C25H30N2O8S. The van der Waals surface area contributed by atoms with Crippen LogP contribution >= 0.6 is 0 Å². The van der Waals surface area contributed by atoms with Crippen molar-refractivity contribution in [1.82, 2.24) is 10.3 Å². The van der Waals surface area contributed by atoms with Crippen molar-refractivity contribution in [2.45, 2.75) is 45.1 Å². The fourth-order valence-corrected chi connectivity index (χ4v) is 4.14. The molecule has 3 aromatic rings. The number of carbonyl (C=O) groups excluding carboxylic acids is 2. The molecule has 0 aliphatic rings. The molecule has 0 radical (unpaired) electrons. The number of H-pyrrole nitrogens is 1. The fraction of sp³-hybridized carbons (Fsp3) is 0.360. The molecule has 0 bridgehead atoms.